The van der Waals surface area contributed by atoms with Crippen molar-refractivity contribution in [1.82, 2.24) is 29.5 Å². The summed E-state index contributed by atoms with van der Waals surface area (Å²) in [6.07, 6.45) is 1.48. The summed E-state index contributed by atoms with van der Waals surface area (Å²) in [5, 5.41) is 11.2. The number of benzene rings is 2. The van der Waals surface area contributed by atoms with Crippen molar-refractivity contribution in [2.45, 2.75) is 6.54 Å². The zero-order valence-corrected chi connectivity index (χ0v) is 14.0. The van der Waals surface area contributed by atoms with Gasteiger partial charge in [0.25, 0.3) is 0 Å². The summed E-state index contributed by atoms with van der Waals surface area (Å²) in [7, 11) is 1.59. The maximum Gasteiger partial charge on any atom is 0.350 e. The molecule has 26 heavy (non-hydrogen) atoms. The van der Waals surface area contributed by atoms with Crippen LogP contribution in [0, 0.1) is 0 Å². The Bertz CT molecular complexity index is 1060. The molecule has 0 aliphatic carbocycles. The Morgan fingerprint density at radius 1 is 1.08 bits per heavy atom. The SMILES string of the molecule is COc1ccc(-n2ncn(Cc3nc(-c4ccccc4)n[nH]3)c2=O)cc1. The normalized spacial score (nSPS) is 10.8. The first-order valence-corrected chi connectivity index (χ1v) is 8.00. The van der Waals surface area contributed by atoms with Crippen molar-refractivity contribution in [3.8, 4) is 22.8 Å². The van der Waals surface area contributed by atoms with Gasteiger partial charge in [-0.15, -0.1) is 0 Å². The molecule has 0 fully saturated rings. The van der Waals surface area contributed by atoms with Crippen LogP contribution in [0.1, 0.15) is 5.82 Å². The van der Waals surface area contributed by atoms with Gasteiger partial charge in [-0.2, -0.15) is 14.9 Å². The van der Waals surface area contributed by atoms with Crippen LogP contribution in [0.25, 0.3) is 17.1 Å². The molecule has 0 unspecified atom stereocenters. The molecule has 2 aromatic heterocycles. The zero-order chi connectivity index (χ0) is 17.9. The number of hydrogen-bond acceptors (Lipinski definition) is 5. The van der Waals surface area contributed by atoms with Gasteiger partial charge in [0.1, 0.15) is 17.9 Å². The number of methoxy groups -OCH3 is 1. The summed E-state index contributed by atoms with van der Waals surface area (Å²) < 4.78 is 7.92. The molecule has 2 aromatic carbocycles. The molecule has 4 rings (SSSR count). The second kappa shape index (κ2) is 6.67. The van der Waals surface area contributed by atoms with Crippen LogP contribution in [-0.2, 0) is 6.54 Å². The average molecular weight is 348 g/mol. The fourth-order valence-corrected chi connectivity index (χ4v) is 2.59. The standard InChI is InChI=1S/C18H16N6O2/c1-26-15-9-7-14(8-10-15)24-18(25)23(12-19-24)11-16-20-17(22-21-16)13-5-3-2-4-6-13/h2-10,12H,11H2,1H3,(H,20,21,22). The summed E-state index contributed by atoms with van der Waals surface area (Å²) in [4.78, 5) is 17.0. The van der Waals surface area contributed by atoms with Crippen LogP contribution in [0.2, 0.25) is 0 Å². The van der Waals surface area contributed by atoms with E-state index in [0.29, 0.717) is 17.3 Å². The van der Waals surface area contributed by atoms with Crippen LogP contribution in [-0.4, -0.2) is 36.6 Å². The van der Waals surface area contributed by atoms with Crippen LogP contribution in [0.3, 0.4) is 0 Å². The Kier molecular flexibility index (Phi) is 4.06. The van der Waals surface area contributed by atoms with E-state index < -0.39 is 0 Å². The number of nitrogens with zero attached hydrogens (tertiary/aromatic N) is 5. The highest BCUT2D eigenvalue weighted by atomic mass is 16.5. The van der Waals surface area contributed by atoms with E-state index in [2.05, 4.69) is 20.3 Å². The Labute approximate surface area is 148 Å². The summed E-state index contributed by atoms with van der Waals surface area (Å²) in [6.45, 7) is 0.259. The molecule has 4 aromatic rings. The number of nitrogens with one attached hydrogen (secondary N) is 1. The first-order chi connectivity index (χ1) is 12.7. The van der Waals surface area contributed by atoms with E-state index >= 15 is 0 Å². The number of hydrogen-bond donors (Lipinski definition) is 1. The molecule has 0 aliphatic rings. The van der Waals surface area contributed by atoms with E-state index in [9.17, 15) is 4.79 Å². The molecule has 0 saturated heterocycles. The van der Waals surface area contributed by atoms with E-state index in [0.717, 1.165) is 11.3 Å². The lowest BCUT2D eigenvalue weighted by molar-refractivity contribution is 0.414. The van der Waals surface area contributed by atoms with Crippen LogP contribution in [0.4, 0.5) is 0 Å². The fraction of sp³-hybridized carbons (Fsp3) is 0.111. The third-order valence-electron chi connectivity index (χ3n) is 3.93. The smallest absolute Gasteiger partial charge is 0.350 e. The topological polar surface area (TPSA) is 90.6 Å². The Morgan fingerprint density at radius 3 is 2.58 bits per heavy atom. The zero-order valence-electron chi connectivity index (χ0n) is 14.0. The van der Waals surface area contributed by atoms with Crippen molar-refractivity contribution in [2.24, 2.45) is 0 Å². The molecule has 0 spiro atoms. The fourth-order valence-electron chi connectivity index (χ4n) is 2.59. The maximum atomic E-state index is 12.6. The van der Waals surface area contributed by atoms with Crippen LogP contribution in [0.5, 0.6) is 5.75 Å². The van der Waals surface area contributed by atoms with Crippen LogP contribution < -0.4 is 10.4 Å². The third-order valence-corrected chi connectivity index (χ3v) is 3.93. The molecular formula is C18H16N6O2. The molecule has 2 heterocycles. The second-order valence-corrected chi connectivity index (χ2v) is 5.62. The molecule has 0 bridgehead atoms. The molecule has 0 radical (unpaired) electrons. The minimum Gasteiger partial charge on any atom is -0.497 e. The summed E-state index contributed by atoms with van der Waals surface area (Å²) >= 11 is 0. The minimum atomic E-state index is -0.257. The average Bonchev–Trinajstić information content (AvgIpc) is 3.30. The van der Waals surface area contributed by atoms with Gasteiger partial charge in [-0.05, 0) is 24.3 Å². The predicted molar refractivity (Wildman–Crippen MR) is 95.3 cm³/mol. The molecular weight excluding hydrogens is 332 g/mol. The second-order valence-electron chi connectivity index (χ2n) is 5.62. The Balaban J connectivity index is 1.57. The molecule has 0 saturated carbocycles. The summed E-state index contributed by atoms with van der Waals surface area (Å²) in [5.74, 6) is 1.90. The number of rotatable bonds is 5. The van der Waals surface area contributed by atoms with Gasteiger partial charge in [-0.1, -0.05) is 30.3 Å². The van der Waals surface area contributed by atoms with Gasteiger partial charge < -0.3 is 4.74 Å². The molecule has 130 valence electrons. The van der Waals surface area contributed by atoms with E-state index in [1.54, 1.807) is 31.4 Å². The lowest BCUT2D eigenvalue weighted by Gasteiger charge is -2.02. The Hall–Kier alpha value is -3.68. The largest absolute Gasteiger partial charge is 0.497 e. The first-order valence-electron chi connectivity index (χ1n) is 8.00. The van der Waals surface area contributed by atoms with E-state index in [1.165, 1.54) is 15.6 Å². The minimum absolute atomic E-state index is 0.257. The van der Waals surface area contributed by atoms with Gasteiger partial charge in [-0.25, -0.2) is 9.78 Å². The van der Waals surface area contributed by atoms with Gasteiger partial charge >= 0.3 is 5.69 Å². The number of aromatic amines is 1. The summed E-state index contributed by atoms with van der Waals surface area (Å²) in [5.41, 5.74) is 1.32. The Morgan fingerprint density at radius 2 is 1.85 bits per heavy atom. The van der Waals surface area contributed by atoms with Gasteiger partial charge in [-0.3, -0.25) is 9.67 Å². The van der Waals surface area contributed by atoms with Crippen molar-refractivity contribution >= 4 is 0 Å². The van der Waals surface area contributed by atoms with Crippen molar-refractivity contribution < 1.29 is 4.74 Å². The van der Waals surface area contributed by atoms with Crippen molar-refractivity contribution in [3.05, 3.63) is 77.2 Å². The van der Waals surface area contributed by atoms with Crippen molar-refractivity contribution in [3.63, 3.8) is 0 Å². The first kappa shape index (κ1) is 15.8. The molecule has 0 aliphatic heterocycles. The third kappa shape index (κ3) is 3.00. The lowest BCUT2D eigenvalue weighted by atomic mass is 10.2. The number of ether oxygens (including phenoxy) is 1. The number of aromatic nitrogens is 6. The molecule has 8 heteroatoms. The van der Waals surface area contributed by atoms with E-state index in [4.69, 9.17) is 4.74 Å². The van der Waals surface area contributed by atoms with E-state index in [1.807, 2.05) is 30.3 Å². The highest BCUT2D eigenvalue weighted by molar-refractivity contribution is 5.53. The van der Waals surface area contributed by atoms with Gasteiger partial charge in [0.05, 0.1) is 19.3 Å². The molecule has 8 nitrogen and oxygen atoms in total. The maximum absolute atomic E-state index is 12.6. The van der Waals surface area contributed by atoms with Gasteiger partial charge in [0.2, 0.25) is 0 Å². The quantitative estimate of drug-likeness (QED) is 0.595. The van der Waals surface area contributed by atoms with Crippen molar-refractivity contribution in [2.75, 3.05) is 7.11 Å². The number of H-pyrrole nitrogens is 1. The molecule has 0 amide bonds. The summed E-state index contributed by atoms with van der Waals surface area (Å²) in [6, 6.07) is 16.8. The van der Waals surface area contributed by atoms with Crippen molar-refractivity contribution in [1.29, 1.82) is 0 Å². The monoisotopic (exact) mass is 348 g/mol. The van der Waals surface area contributed by atoms with Gasteiger partial charge in [0.15, 0.2) is 5.82 Å². The van der Waals surface area contributed by atoms with Crippen LogP contribution >= 0.6 is 0 Å². The predicted octanol–water partition coefficient (Wildman–Crippen LogP) is 1.88. The molecule has 0 atom stereocenters. The van der Waals surface area contributed by atoms with Gasteiger partial charge in [0, 0.05) is 5.56 Å². The van der Waals surface area contributed by atoms with E-state index in [-0.39, 0.29) is 12.2 Å². The highest BCUT2D eigenvalue weighted by Crippen LogP contribution is 2.14. The molecule has 1 N–H and O–H groups in total. The highest BCUT2D eigenvalue weighted by Gasteiger charge is 2.11. The van der Waals surface area contributed by atoms with Crippen LogP contribution in [0.15, 0.2) is 65.7 Å². The lowest BCUT2D eigenvalue weighted by Crippen LogP contribution is -2.24.